The van der Waals surface area contributed by atoms with Crippen LogP contribution in [0, 0.1) is 11.3 Å². The van der Waals surface area contributed by atoms with E-state index in [1.165, 1.54) is 25.7 Å². The molecule has 0 bridgehead atoms. The van der Waals surface area contributed by atoms with Gasteiger partial charge in [-0.3, -0.25) is 4.79 Å². The second-order valence-electron chi connectivity index (χ2n) is 6.03. The van der Waals surface area contributed by atoms with Crippen molar-refractivity contribution in [3.05, 3.63) is 5.82 Å². The number of aromatic nitrogens is 4. The van der Waals surface area contributed by atoms with Crippen LogP contribution in [0.3, 0.4) is 0 Å². The van der Waals surface area contributed by atoms with Crippen molar-refractivity contribution >= 4 is 5.97 Å². The highest BCUT2D eigenvalue weighted by atomic mass is 16.4. The maximum absolute atomic E-state index is 11.2. The summed E-state index contributed by atoms with van der Waals surface area (Å²) >= 11 is 0. The van der Waals surface area contributed by atoms with Crippen molar-refractivity contribution < 1.29 is 9.90 Å². The summed E-state index contributed by atoms with van der Waals surface area (Å²) in [7, 11) is 0. The fraction of sp³-hybridized carbons (Fsp3) is 0.846. The molecule has 2 saturated carbocycles. The molecule has 0 saturated heterocycles. The quantitative estimate of drug-likeness (QED) is 0.845. The summed E-state index contributed by atoms with van der Waals surface area (Å²) in [5.74, 6) is 0.934. The first-order valence-corrected chi connectivity index (χ1v) is 7.18. The van der Waals surface area contributed by atoms with E-state index in [1.807, 2.05) is 0 Å². The number of aryl methyl sites for hydroxylation is 1. The SMILES string of the molecule is O=C(O)C1(Cn2nnnc2CCC2CCCC2)CC1. The lowest BCUT2D eigenvalue weighted by Crippen LogP contribution is -2.23. The fourth-order valence-corrected chi connectivity index (χ4v) is 3.03. The predicted octanol–water partition coefficient (Wildman–Crippen LogP) is 1.66. The van der Waals surface area contributed by atoms with E-state index in [0.29, 0.717) is 6.54 Å². The lowest BCUT2D eigenvalue weighted by atomic mass is 10.0. The van der Waals surface area contributed by atoms with Gasteiger partial charge in [0.15, 0.2) is 5.82 Å². The fourth-order valence-electron chi connectivity index (χ4n) is 3.03. The highest BCUT2D eigenvalue weighted by Gasteiger charge is 2.51. The Morgan fingerprint density at radius 2 is 2.11 bits per heavy atom. The number of rotatable bonds is 6. The van der Waals surface area contributed by atoms with Gasteiger partial charge in [0.2, 0.25) is 0 Å². The van der Waals surface area contributed by atoms with Crippen LogP contribution in [0.15, 0.2) is 0 Å². The van der Waals surface area contributed by atoms with E-state index in [9.17, 15) is 9.90 Å². The van der Waals surface area contributed by atoms with E-state index in [0.717, 1.165) is 37.4 Å². The molecule has 0 radical (unpaired) electrons. The highest BCUT2D eigenvalue weighted by molar-refractivity contribution is 5.77. The van der Waals surface area contributed by atoms with E-state index in [1.54, 1.807) is 4.68 Å². The molecule has 0 aromatic carbocycles. The predicted molar refractivity (Wildman–Crippen MR) is 67.4 cm³/mol. The molecule has 2 fully saturated rings. The van der Waals surface area contributed by atoms with Crippen molar-refractivity contribution in [2.24, 2.45) is 11.3 Å². The summed E-state index contributed by atoms with van der Waals surface area (Å²) in [6.45, 7) is 0.426. The molecule has 6 nitrogen and oxygen atoms in total. The molecular formula is C13H20N4O2. The first-order chi connectivity index (χ1) is 9.20. The number of carboxylic acids is 1. The van der Waals surface area contributed by atoms with Crippen molar-refractivity contribution in [1.29, 1.82) is 0 Å². The van der Waals surface area contributed by atoms with Crippen LogP contribution in [0.2, 0.25) is 0 Å². The molecule has 3 rings (SSSR count). The van der Waals surface area contributed by atoms with Crippen LogP contribution < -0.4 is 0 Å². The van der Waals surface area contributed by atoms with E-state index in [2.05, 4.69) is 15.5 Å². The Balaban J connectivity index is 1.60. The Labute approximate surface area is 112 Å². The van der Waals surface area contributed by atoms with Gasteiger partial charge in [0, 0.05) is 6.42 Å². The lowest BCUT2D eigenvalue weighted by Gasteiger charge is -2.12. The molecule has 0 amide bonds. The minimum absolute atomic E-state index is 0.426. The number of aliphatic carboxylic acids is 1. The molecular weight excluding hydrogens is 244 g/mol. The van der Waals surface area contributed by atoms with Crippen LogP contribution in [-0.2, 0) is 17.8 Å². The third-order valence-corrected chi connectivity index (χ3v) is 4.62. The van der Waals surface area contributed by atoms with Crippen LogP contribution in [-0.4, -0.2) is 31.3 Å². The van der Waals surface area contributed by atoms with Gasteiger partial charge in [0.1, 0.15) is 0 Å². The van der Waals surface area contributed by atoms with Gasteiger partial charge in [-0.05, 0) is 35.6 Å². The number of tetrazole rings is 1. The van der Waals surface area contributed by atoms with Crippen LogP contribution in [0.5, 0.6) is 0 Å². The third-order valence-electron chi connectivity index (χ3n) is 4.62. The Hall–Kier alpha value is -1.46. The maximum Gasteiger partial charge on any atom is 0.311 e. The van der Waals surface area contributed by atoms with Crippen molar-refractivity contribution in [2.45, 2.75) is 57.9 Å². The van der Waals surface area contributed by atoms with Crippen LogP contribution in [0.4, 0.5) is 0 Å². The normalized spacial score (nSPS) is 21.7. The molecule has 0 spiro atoms. The molecule has 1 aromatic heterocycles. The van der Waals surface area contributed by atoms with Crippen molar-refractivity contribution in [2.75, 3.05) is 0 Å². The summed E-state index contributed by atoms with van der Waals surface area (Å²) < 4.78 is 1.70. The Kier molecular flexibility index (Phi) is 3.24. The summed E-state index contributed by atoms with van der Waals surface area (Å²) in [5.41, 5.74) is -0.600. The molecule has 2 aliphatic rings. The topological polar surface area (TPSA) is 80.9 Å². The Morgan fingerprint density at radius 3 is 2.74 bits per heavy atom. The van der Waals surface area contributed by atoms with Gasteiger partial charge in [-0.15, -0.1) is 5.10 Å². The van der Waals surface area contributed by atoms with E-state index < -0.39 is 11.4 Å². The molecule has 19 heavy (non-hydrogen) atoms. The van der Waals surface area contributed by atoms with Crippen LogP contribution >= 0.6 is 0 Å². The molecule has 2 aliphatic carbocycles. The number of nitrogens with zero attached hydrogens (tertiary/aromatic N) is 4. The molecule has 104 valence electrons. The first-order valence-electron chi connectivity index (χ1n) is 7.18. The Bertz CT molecular complexity index is 461. The Morgan fingerprint density at radius 1 is 1.37 bits per heavy atom. The average molecular weight is 264 g/mol. The lowest BCUT2D eigenvalue weighted by molar-refractivity contribution is -0.144. The van der Waals surface area contributed by atoms with E-state index in [-0.39, 0.29) is 0 Å². The first kappa shape index (κ1) is 12.6. The number of hydrogen-bond acceptors (Lipinski definition) is 4. The minimum Gasteiger partial charge on any atom is -0.481 e. The molecule has 1 N–H and O–H groups in total. The second kappa shape index (κ2) is 4.90. The summed E-state index contributed by atoms with van der Waals surface area (Å²) in [6.07, 6.45) is 8.80. The zero-order valence-electron chi connectivity index (χ0n) is 11.1. The molecule has 1 aromatic rings. The van der Waals surface area contributed by atoms with Gasteiger partial charge < -0.3 is 5.11 Å². The van der Waals surface area contributed by atoms with Gasteiger partial charge >= 0.3 is 5.97 Å². The van der Waals surface area contributed by atoms with Crippen LogP contribution in [0.25, 0.3) is 0 Å². The van der Waals surface area contributed by atoms with Gasteiger partial charge in [0.05, 0.1) is 12.0 Å². The number of carbonyl (C=O) groups is 1. The molecule has 0 unspecified atom stereocenters. The van der Waals surface area contributed by atoms with Gasteiger partial charge in [-0.1, -0.05) is 25.7 Å². The zero-order chi connectivity index (χ0) is 13.3. The molecule has 0 aliphatic heterocycles. The summed E-state index contributed by atoms with van der Waals surface area (Å²) in [6, 6.07) is 0. The monoisotopic (exact) mass is 264 g/mol. The largest absolute Gasteiger partial charge is 0.481 e. The van der Waals surface area contributed by atoms with Crippen molar-refractivity contribution in [1.82, 2.24) is 20.2 Å². The zero-order valence-corrected chi connectivity index (χ0v) is 11.1. The number of carboxylic acid groups (broad SMARTS) is 1. The second-order valence-corrected chi connectivity index (χ2v) is 6.03. The van der Waals surface area contributed by atoms with Crippen molar-refractivity contribution in [3.8, 4) is 0 Å². The third kappa shape index (κ3) is 2.62. The van der Waals surface area contributed by atoms with E-state index in [4.69, 9.17) is 0 Å². The smallest absolute Gasteiger partial charge is 0.311 e. The van der Waals surface area contributed by atoms with Gasteiger partial charge in [-0.25, -0.2) is 4.68 Å². The van der Waals surface area contributed by atoms with Crippen LogP contribution in [0.1, 0.15) is 50.8 Å². The van der Waals surface area contributed by atoms with Gasteiger partial charge in [0.25, 0.3) is 0 Å². The average Bonchev–Trinajstić information content (AvgIpc) is 2.82. The molecule has 6 heteroatoms. The maximum atomic E-state index is 11.2. The minimum atomic E-state index is -0.718. The summed E-state index contributed by atoms with van der Waals surface area (Å²) in [4.78, 5) is 11.2. The standard InChI is InChI=1S/C13H20N4O2/c18-12(19)13(7-8-13)9-17-11(14-15-16-17)6-5-10-3-1-2-4-10/h10H,1-9H2,(H,18,19). The number of hydrogen-bond donors (Lipinski definition) is 1. The molecule has 1 heterocycles. The van der Waals surface area contributed by atoms with Gasteiger partial charge in [-0.2, -0.15) is 0 Å². The summed E-state index contributed by atoms with van der Waals surface area (Å²) in [5, 5.41) is 20.9. The van der Waals surface area contributed by atoms with E-state index >= 15 is 0 Å². The van der Waals surface area contributed by atoms with Crippen molar-refractivity contribution in [3.63, 3.8) is 0 Å². The highest BCUT2D eigenvalue weighted by Crippen LogP contribution is 2.47. The molecule has 0 atom stereocenters.